The predicted octanol–water partition coefficient (Wildman–Crippen LogP) is 4.15. The minimum absolute atomic E-state index is 0.0949. The minimum Gasteiger partial charge on any atom is -0.466 e. The van der Waals surface area contributed by atoms with E-state index in [0.29, 0.717) is 12.2 Å². The molecule has 0 radical (unpaired) electrons. The highest BCUT2D eigenvalue weighted by molar-refractivity contribution is 5.77. The number of halogens is 1. The van der Waals surface area contributed by atoms with E-state index < -0.39 is 11.7 Å². The molecule has 0 unspecified atom stereocenters. The average Bonchev–Trinajstić information content (AvgIpc) is 3.13. The molecule has 2 saturated carbocycles. The zero-order valence-electron chi connectivity index (χ0n) is 16.4. The Hall–Kier alpha value is -2.11. The summed E-state index contributed by atoms with van der Waals surface area (Å²) in [5.74, 6) is -0.276. The van der Waals surface area contributed by atoms with Gasteiger partial charge < -0.3 is 14.4 Å². The Balaban J connectivity index is 1.79. The van der Waals surface area contributed by atoms with Gasteiger partial charge in [-0.3, -0.25) is 4.79 Å². The standard InChI is InChI=1S/C21H28FNO4/c1-5-26-19(24)18-15-9-10-16(17(15)18)23(20(25)27-21(2,3)4)12-13-7-6-8-14(22)11-13/h6-8,11,15-18H,5,9-10,12H2,1-4H3/t15-,16-,17-,18+/m1/s1. The summed E-state index contributed by atoms with van der Waals surface area (Å²) >= 11 is 0. The van der Waals surface area contributed by atoms with Crippen molar-refractivity contribution in [2.75, 3.05) is 6.61 Å². The van der Waals surface area contributed by atoms with E-state index in [1.54, 1.807) is 24.0 Å². The maximum atomic E-state index is 13.6. The Morgan fingerprint density at radius 1 is 1.26 bits per heavy atom. The third-order valence-electron chi connectivity index (χ3n) is 5.30. The van der Waals surface area contributed by atoms with Gasteiger partial charge in [0.1, 0.15) is 11.4 Å². The van der Waals surface area contributed by atoms with Gasteiger partial charge in [-0.2, -0.15) is 0 Å². The maximum absolute atomic E-state index is 13.6. The molecule has 4 atom stereocenters. The van der Waals surface area contributed by atoms with Crippen LogP contribution in [0.25, 0.3) is 0 Å². The Morgan fingerprint density at radius 3 is 2.63 bits per heavy atom. The van der Waals surface area contributed by atoms with Crippen LogP contribution < -0.4 is 0 Å². The molecule has 0 spiro atoms. The van der Waals surface area contributed by atoms with E-state index in [4.69, 9.17) is 9.47 Å². The average molecular weight is 377 g/mol. The fourth-order valence-electron chi connectivity index (χ4n) is 4.26. The first kappa shape index (κ1) is 19.6. The number of rotatable bonds is 5. The summed E-state index contributed by atoms with van der Waals surface area (Å²) in [6, 6.07) is 6.14. The van der Waals surface area contributed by atoms with Gasteiger partial charge in [0.15, 0.2) is 0 Å². The molecule has 148 valence electrons. The van der Waals surface area contributed by atoms with E-state index >= 15 is 0 Å². The molecule has 6 heteroatoms. The van der Waals surface area contributed by atoms with Gasteiger partial charge in [-0.15, -0.1) is 0 Å². The monoisotopic (exact) mass is 377 g/mol. The summed E-state index contributed by atoms with van der Waals surface area (Å²) in [6.45, 7) is 7.88. The maximum Gasteiger partial charge on any atom is 0.410 e. The number of hydrogen-bond acceptors (Lipinski definition) is 4. The molecule has 2 fully saturated rings. The molecule has 1 aromatic rings. The number of amides is 1. The smallest absolute Gasteiger partial charge is 0.410 e. The fraction of sp³-hybridized carbons (Fsp3) is 0.619. The van der Waals surface area contributed by atoms with Crippen molar-refractivity contribution in [1.82, 2.24) is 4.90 Å². The molecule has 3 rings (SSSR count). The normalized spacial score (nSPS) is 26.3. The molecule has 1 amide bonds. The lowest BCUT2D eigenvalue weighted by molar-refractivity contribution is -0.145. The van der Waals surface area contributed by atoms with Crippen molar-refractivity contribution in [3.63, 3.8) is 0 Å². The lowest BCUT2D eigenvalue weighted by Gasteiger charge is -2.33. The van der Waals surface area contributed by atoms with E-state index in [1.807, 2.05) is 20.8 Å². The molecule has 0 heterocycles. The molecule has 0 bridgehead atoms. The number of hydrogen-bond donors (Lipinski definition) is 0. The molecule has 0 saturated heterocycles. The summed E-state index contributed by atoms with van der Waals surface area (Å²) in [7, 11) is 0. The molecule has 0 N–H and O–H groups in total. The Kier molecular flexibility index (Phi) is 5.45. The molecule has 2 aliphatic rings. The number of carbonyl (C=O) groups excluding carboxylic acids is 2. The van der Waals surface area contributed by atoms with Gasteiger partial charge in [0, 0.05) is 12.6 Å². The third kappa shape index (κ3) is 4.42. The van der Waals surface area contributed by atoms with Gasteiger partial charge in [0.25, 0.3) is 0 Å². The molecule has 0 aromatic heterocycles. The van der Waals surface area contributed by atoms with E-state index in [-0.39, 0.29) is 42.1 Å². The van der Waals surface area contributed by atoms with Crippen molar-refractivity contribution < 1.29 is 23.5 Å². The van der Waals surface area contributed by atoms with E-state index in [0.717, 1.165) is 12.8 Å². The lowest BCUT2D eigenvalue weighted by Crippen LogP contribution is -2.44. The van der Waals surface area contributed by atoms with Crippen LogP contribution in [0.3, 0.4) is 0 Å². The van der Waals surface area contributed by atoms with Crippen LogP contribution in [0.4, 0.5) is 9.18 Å². The largest absolute Gasteiger partial charge is 0.466 e. The zero-order chi connectivity index (χ0) is 19.8. The third-order valence-corrected chi connectivity index (χ3v) is 5.30. The second-order valence-electron chi connectivity index (χ2n) is 8.40. The Labute approximate surface area is 159 Å². The first-order valence-corrected chi connectivity index (χ1v) is 9.62. The zero-order valence-corrected chi connectivity index (χ0v) is 16.4. The molecular formula is C21H28FNO4. The molecule has 0 aliphatic heterocycles. The van der Waals surface area contributed by atoms with Crippen LogP contribution in [0, 0.1) is 23.6 Å². The van der Waals surface area contributed by atoms with Crippen LogP contribution >= 0.6 is 0 Å². The van der Waals surface area contributed by atoms with Crippen LogP contribution in [-0.4, -0.2) is 35.2 Å². The summed E-state index contributed by atoms with van der Waals surface area (Å²) in [4.78, 5) is 26.7. The number of ether oxygens (including phenoxy) is 2. The fourth-order valence-corrected chi connectivity index (χ4v) is 4.26. The van der Waals surface area contributed by atoms with Crippen molar-refractivity contribution in [2.45, 2.75) is 58.7 Å². The van der Waals surface area contributed by atoms with Crippen molar-refractivity contribution in [2.24, 2.45) is 17.8 Å². The SMILES string of the molecule is CCOC(=O)[C@H]1[C@@H]2CC[C@@H](N(Cc3cccc(F)c3)C(=O)OC(C)(C)C)[C@@H]21. The second kappa shape index (κ2) is 7.49. The van der Waals surface area contributed by atoms with Crippen LogP contribution in [0.1, 0.15) is 46.1 Å². The van der Waals surface area contributed by atoms with Crippen LogP contribution in [0.5, 0.6) is 0 Å². The highest BCUT2D eigenvalue weighted by Gasteiger charge is 2.64. The van der Waals surface area contributed by atoms with Gasteiger partial charge in [-0.25, -0.2) is 9.18 Å². The van der Waals surface area contributed by atoms with Crippen molar-refractivity contribution in [3.8, 4) is 0 Å². The van der Waals surface area contributed by atoms with Crippen molar-refractivity contribution >= 4 is 12.1 Å². The highest BCUT2D eigenvalue weighted by atomic mass is 19.1. The Bertz CT molecular complexity index is 714. The molecule has 5 nitrogen and oxygen atoms in total. The van der Waals surface area contributed by atoms with Crippen molar-refractivity contribution in [3.05, 3.63) is 35.6 Å². The summed E-state index contributed by atoms with van der Waals surface area (Å²) in [5.41, 5.74) is 0.0805. The number of fused-ring (bicyclic) bond motifs is 1. The quantitative estimate of drug-likeness (QED) is 0.724. The Morgan fingerprint density at radius 2 is 2.00 bits per heavy atom. The van der Waals surface area contributed by atoms with Crippen LogP contribution in [0.15, 0.2) is 24.3 Å². The lowest BCUT2D eigenvalue weighted by atomic mass is 10.0. The summed E-state index contributed by atoms with van der Waals surface area (Å²) < 4.78 is 24.4. The molecule has 2 aliphatic carbocycles. The highest BCUT2D eigenvalue weighted by Crippen LogP contribution is 2.59. The number of carbonyl (C=O) groups is 2. The molecule has 27 heavy (non-hydrogen) atoms. The van der Waals surface area contributed by atoms with E-state index in [2.05, 4.69) is 0 Å². The molecule has 1 aromatic carbocycles. The molecular weight excluding hydrogens is 349 g/mol. The predicted molar refractivity (Wildman–Crippen MR) is 98.3 cm³/mol. The van der Waals surface area contributed by atoms with Crippen LogP contribution in [0.2, 0.25) is 0 Å². The second-order valence-corrected chi connectivity index (χ2v) is 8.40. The minimum atomic E-state index is -0.626. The number of benzene rings is 1. The van der Waals surface area contributed by atoms with E-state index in [1.165, 1.54) is 12.1 Å². The van der Waals surface area contributed by atoms with Crippen molar-refractivity contribution in [1.29, 1.82) is 0 Å². The van der Waals surface area contributed by atoms with Gasteiger partial charge >= 0.3 is 12.1 Å². The number of esters is 1. The first-order valence-electron chi connectivity index (χ1n) is 9.62. The summed E-state index contributed by atoms with van der Waals surface area (Å²) in [5, 5.41) is 0. The van der Waals surface area contributed by atoms with Gasteiger partial charge in [0.05, 0.1) is 12.5 Å². The first-order chi connectivity index (χ1) is 12.7. The number of nitrogens with zero attached hydrogens (tertiary/aromatic N) is 1. The van der Waals surface area contributed by atoms with Gasteiger partial charge in [0.2, 0.25) is 0 Å². The summed E-state index contributed by atoms with van der Waals surface area (Å²) in [6.07, 6.45) is 1.29. The van der Waals surface area contributed by atoms with Gasteiger partial charge in [-0.1, -0.05) is 12.1 Å². The van der Waals surface area contributed by atoms with Gasteiger partial charge in [-0.05, 0) is 70.1 Å². The van der Waals surface area contributed by atoms with Crippen LogP contribution in [-0.2, 0) is 20.8 Å². The van der Waals surface area contributed by atoms with E-state index in [9.17, 15) is 14.0 Å². The topological polar surface area (TPSA) is 55.8 Å².